The van der Waals surface area contributed by atoms with E-state index in [2.05, 4.69) is 15.6 Å². The molecule has 0 aliphatic carbocycles. The van der Waals surface area contributed by atoms with Crippen LogP contribution in [0.15, 0.2) is 90.1 Å². The van der Waals surface area contributed by atoms with Crippen molar-refractivity contribution in [3.63, 3.8) is 0 Å². The lowest BCUT2D eigenvalue weighted by Crippen LogP contribution is -2.46. The molecule has 230 valence electrons. The number of benzene rings is 3. The summed E-state index contributed by atoms with van der Waals surface area (Å²) in [4.78, 5) is 18.5. The lowest BCUT2D eigenvalue weighted by molar-refractivity contribution is -0.117. The van der Waals surface area contributed by atoms with Crippen LogP contribution in [0, 0.1) is 17.5 Å². The Balaban J connectivity index is 1.25. The van der Waals surface area contributed by atoms with Gasteiger partial charge in [-0.15, -0.1) is 11.8 Å². The summed E-state index contributed by atoms with van der Waals surface area (Å²) in [6.45, 7) is 1.33. The summed E-state index contributed by atoms with van der Waals surface area (Å²) in [6, 6.07) is 17.7. The standard InChI is InChI=1S/C33H32ClF3N4O2S/c34-22-5-12-27(13-6-22)44-19-26-16-39-15-25(43-26)11-14-28-29(37)17-40-18-30(28)41-33(42)32(38)31(20-1-7-23(35)8-2-20)21-3-9-24(36)10-4-21/h1-10,12-13,17-18,25-26,31-32,39H,11,14-16,19,38H2,(H,41,42)/t25-,26+,32+/m1/s1. The van der Waals surface area contributed by atoms with Crippen LogP contribution in [0.5, 0.6) is 0 Å². The van der Waals surface area contributed by atoms with E-state index in [0.717, 1.165) is 16.8 Å². The van der Waals surface area contributed by atoms with E-state index < -0.39 is 35.3 Å². The maximum Gasteiger partial charge on any atom is 0.242 e. The number of halogens is 4. The molecule has 0 spiro atoms. The molecule has 6 nitrogen and oxygen atoms in total. The van der Waals surface area contributed by atoms with Gasteiger partial charge in [-0.05, 0) is 72.5 Å². The zero-order chi connectivity index (χ0) is 31.1. The van der Waals surface area contributed by atoms with Crippen molar-refractivity contribution < 1.29 is 22.7 Å². The summed E-state index contributed by atoms with van der Waals surface area (Å²) < 4.78 is 48.7. The summed E-state index contributed by atoms with van der Waals surface area (Å²) in [7, 11) is 0. The van der Waals surface area contributed by atoms with E-state index >= 15 is 4.39 Å². The Kier molecular flexibility index (Phi) is 10.9. The fraction of sp³-hybridized carbons (Fsp3) is 0.273. The molecule has 3 atom stereocenters. The van der Waals surface area contributed by atoms with E-state index in [-0.39, 0.29) is 17.9 Å². The molecule has 0 bridgehead atoms. The summed E-state index contributed by atoms with van der Waals surface area (Å²) in [5.41, 5.74) is 8.12. The summed E-state index contributed by atoms with van der Waals surface area (Å²) in [5.74, 6) is -1.99. The van der Waals surface area contributed by atoms with Gasteiger partial charge in [-0.25, -0.2) is 13.2 Å². The monoisotopic (exact) mass is 640 g/mol. The number of anilines is 1. The molecule has 5 rings (SSSR count). The van der Waals surface area contributed by atoms with E-state index in [4.69, 9.17) is 22.1 Å². The van der Waals surface area contributed by atoms with Crippen molar-refractivity contribution in [3.05, 3.63) is 124 Å². The van der Waals surface area contributed by atoms with Crippen LogP contribution in [0.2, 0.25) is 5.02 Å². The highest BCUT2D eigenvalue weighted by atomic mass is 35.5. The van der Waals surface area contributed by atoms with Crippen molar-refractivity contribution in [1.29, 1.82) is 0 Å². The maximum absolute atomic E-state index is 15.0. The number of amides is 1. The molecule has 0 radical (unpaired) electrons. The average molecular weight is 641 g/mol. The van der Waals surface area contributed by atoms with Crippen LogP contribution in [-0.4, -0.2) is 48.0 Å². The van der Waals surface area contributed by atoms with Crippen LogP contribution in [0.25, 0.3) is 0 Å². The zero-order valence-corrected chi connectivity index (χ0v) is 25.3. The van der Waals surface area contributed by atoms with Gasteiger partial charge < -0.3 is 21.1 Å². The predicted octanol–water partition coefficient (Wildman–Crippen LogP) is 6.33. The largest absolute Gasteiger partial charge is 0.371 e. The number of carbonyl (C=O) groups excluding carboxylic acids is 1. The van der Waals surface area contributed by atoms with Crippen LogP contribution in [0.4, 0.5) is 18.9 Å². The predicted molar refractivity (Wildman–Crippen MR) is 167 cm³/mol. The van der Waals surface area contributed by atoms with E-state index in [1.54, 1.807) is 11.8 Å². The Morgan fingerprint density at radius 1 is 0.955 bits per heavy atom. The third-order valence-electron chi connectivity index (χ3n) is 7.48. The second kappa shape index (κ2) is 15.0. The zero-order valence-electron chi connectivity index (χ0n) is 23.7. The number of carbonyl (C=O) groups is 1. The third-order valence-corrected chi connectivity index (χ3v) is 8.87. The van der Waals surface area contributed by atoms with Crippen molar-refractivity contribution in [2.45, 2.75) is 41.9 Å². The van der Waals surface area contributed by atoms with Crippen LogP contribution in [0.1, 0.15) is 29.0 Å². The summed E-state index contributed by atoms with van der Waals surface area (Å²) in [6.07, 6.45) is 3.12. The van der Waals surface area contributed by atoms with Crippen LogP contribution in [-0.2, 0) is 16.0 Å². The second-order valence-electron chi connectivity index (χ2n) is 10.6. The third kappa shape index (κ3) is 8.40. The van der Waals surface area contributed by atoms with Gasteiger partial charge >= 0.3 is 0 Å². The van der Waals surface area contributed by atoms with Gasteiger partial charge in [0.25, 0.3) is 0 Å². The molecule has 0 unspecified atom stereocenters. The molecule has 44 heavy (non-hydrogen) atoms. The van der Waals surface area contributed by atoms with Gasteiger partial charge in [0.05, 0.1) is 36.3 Å². The molecule has 4 N–H and O–H groups in total. The number of thioether (sulfide) groups is 1. The molecule has 1 aliphatic heterocycles. The van der Waals surface area contributed by atoms with Gasteiger partial charge in [0.2, 0.25) is 5.91 Å². The Hall–Kier alpha value is -3.41. The average Bonchev–Trinajstić information content (AvgIpc) is 3.02. The number of morpholine rings is 1. The minimum atomic E-state index is -1.16. The Bertz CT molecular complexity index is 1500. The maximum atomic E-state index is 15.0. The molecular weight excluding hydrogens is 609 g/mol. The summed E-state index contributed by atoms with van der Waals surface area (Å²) >= 11 is 7.66. The topological polar surface area (TPSA) is 89.3 Å². The second-order valence-corrected chi connectivity index (χ2v) is 12.1. The van der Waals surface area contributed by atoms with Gasteiger partial charge in [0.15, 0.2) is 0 Å². The fourth-order valence-corrected chi connectivity index (χ4v) is 6.23. The van der Waals surface area contributed by atoms with Gasteiger partial charge in [0, 0.05) is 40.2 Å². The number of nitrogens with zero attached hydrogens (tertiary/aromatic N) is 1. The lowest BCUT2D eigenvalue weighted by atomic mass is 9.85. The summed E-state index contributed by atoms with van der Waals surface area (Å²) in [5, 5.41) is 6.83. The Morgan fingerprint density at radius 3 is 2.20 bits per heavy atom. The number of nitrogens with one attached hydrogen (secondary N) is 2. The molecule has 1 fully saturated rings. The number of hydrogen-bond acceptors (Lipinski definition) is 6. The first-order valence-corrected chi connectivity index (χ1v) is 15.6. The normalized spacial score (nSPS) is 17.4. The quantitative estimate of drug-likeness (QED) is 0.166. The molecule has 0 saturated carbocycles. The van der Waals surface area contributed by atoms with Crippen LogP contribution < -0.4 is 16.4 Å². The highest BCUT2D eigenvalue weighted by Crippen LogP contribution is 2.30. The van der Waals surface area contributed by atoms with Gasteiger partial charge in [-0.1, -0.05) is 35.9 Å². The Morgan fingerprint density at radius 2 is 1.57 bits per heavy atom. The van der Waals surface area contributed by atoms with E-state index in [1.807, 2.05) is 24.3 Å². The minimum absolute atomic E-state index is 0.0243. The lowest BCUT2D eigenvalue weighted by Gasteiger charge is -2.31. The molecule has 1 saturated heterocycles. The first kappa shape index (κ1) is 32.0. The highest BCUT2D eigenvalue weighted by Gasteiger charge is 2.29. The molecule has 4 aromatic rings. The first-order chi connectivity index (χ1) is 21.3. The van der Waals surface area contributed by atoms with Crippen molar-refractivity contribution in [1.82, 2.24) is 10.3 Å². The molecule has 1 aliphatic rings. The van der Waals surface area contributed by atoms with E-state index in [1.165, 1.54) is 54.7 Å². The van der Waals surface area contributed by atoms with E-state index in [9.17, 15) is 13.6 Å². The van der Waals surface area contributed by atoms with Crippen molar-refractivity contribution >= 4 is 35.0 Å². The minimum Gasteiger partial charge on any atom is -0.371 e. The Labute approximate surface area is 263 Å². The number of hydrogen-bond donors (Lipinski definition) is 3. The van der Waals surface area contributed by atoms with Crippen molar-refractivity contribution in [3.8, 4) is 0 Å². The van der Waals surface area contributed by atoms with Crippen LogP contribution >= 0.6 is 23.4 Å². The molecule has 2 heterocycles. The number of ether oxygens (including phenoxy) is 1. The highest BCUT2D eigenvalue weighted by molar-refractivity contribution is 7.99. The SMILES string of the molecule is N[C@H](C(=O)Nc1cncc(F)c1CC[C@@H]1CNC[C@@H](CSc2ccc(Cl)cc2)O1)C(c1ccc(F)cc1)c1ccc(F)cc1. The number of aromatic nitrogens is 1. The number of nitrogens with two attached hydrogens (primary N) is 1. The molecule has 3 aromatic carbocycles. The number of pyridine rings is 1. The molecule has 1 aromatic heterocycles. The first-order valence-electron chi connectivity index (χ1n) is 14.2. The van der Waals surface area contributed by atoms with Crippen molar-refractivity contribution in [2.24, 2.45) is 5.73 Å². The van der Waals surface area contributed by atoms with Crippen LogP contribution in [0.3, 0.4) is 0 Å². The van der Waals surface area contributed by atoms with E-state index in [0.29, 0.717) is 47.6 Å². The molecule has 11 heteroatoms. The smallest absolute Gasteiger partial charge is 0.242 e. The molecular formula is C33H32ClF3N4O2S. The number of rotatable bonds is 11. The van der Waals surface area contributed by atoms with Gasteiger partial charge in [-0.2, -0.15) is 0 Å². The van der Waals surface area contributed by atoms with Crippen molar-refractivity contribution in [2.75, 3.05) is 24.2 Å². The fourth-order valence-electron chi connectivity index (χ4n) is 5.21. The molecule has 1 amide bonds. The van der Waals surface area contributed by atoms with Gasteiger partial charge in [-0.3, -0.25) is 9.78 Å². The van der Waals surface area contributed by atoms with Gasteiger partial charge in [0.1, 0.15) is 17.5 Å².